The first-order chi connectivity index (χ1) is 13.3. The number of rotatable bonds is 5. The molecule has 0 aliphatic carbocycles. The Balaban J connectivity index is 1.69. The number of halogens is 1. The van der Waals surface area contributed by atoms with Crippen LogP contribution in [0.5, 0.6) is 0 Å². The van der Waals surface area contributed by atoms with Gasteiger partial charge in [0.1, 0.15) is 12.4 Å². The van der Waals surface area contributed by atoms with Crippen LogP contribution < -0.4 is 10.6 Å². The fraction of sp³-hybridized carbons (Fsp3) is 0.200. The molecule has 7 nitrogen and oxygen atoms in total. The van der Waals surface area contributed by atoms with Crippen molar-refractivity contribution in [2.24, 2.45) is 0 Å². The molecular weight excluding hydrogens is 361 g/mol. The molecule has 1 heterocycles. The van der Waals surface area contributed by atoms with Crippen LogP contribution in [0.4, 0.5) is 15.8 Å². The Morgan fingerprint density at radius 1 is 1.04 bits per heavy atom. The molecule has 0 bridgehead atoms. The van der Waals surface area contributed by atoms with Crippen LogP contribution in [-0.2, 0) is 11.3 Å². The molecule has 0 aliphatic rings. The van der Waals surface area contributed by atoms with Gasteiger partial charge in [0.2, 0.25) is 5.91 Å². The zero-order valence-corrected chi connectivity index (χ0v) is 15.8. The van der Waals surface area contributed by atoms with Gasteiger partial charge in [-0.2, -0.15) is 0 Å². The van der Waals surface area contributed by atoms with E-state index >= 15 is 0 Å². The average molecular weight is 381 g/mol. The number of para-hydroxylation sites is 1. The number of amides is 2. The summed E-state index contributed by atoms with van der Waals surface area (Å²) in [7, 11) is 0. The number of hydrogen-bond acceptors (Lipinski definition) is 4. The number of aryl methyl sites for hydroxylation is 2. The van der Waals surface area contributed by atoms with Gasteiger partial charge in [0.05, 0.1) is 5.69 Å². The van der Waals surface area contributed by atoms with Crippen molar-refractivity contribution in [3.05, 3.63) is 70.8 Å². The number of anilines is 2. The Kier molecular flexibility index (Phi) is 5.49. The zero-order chi connectivity index (χ0) is 20.3. The van der Waals surface area contributed by atoms with Gasteiger partial charge in [-0.05, 0) is 50.1 Å². The summed E-state index contributed by atoms with van der Waals surface area (Å²) in [5.41, 5.74) is 2.97. The van der Waals surface area contributed by atoms with Gasteiger partial charge >= 0.3 is 0 Å². The molecule has 28 heavy (non-hydrogen) atoms. The van der Waals surface area contributed by atoms with Crippen LogP contribution in [0.3, 0.4) is 0 Å². The molecule has 0 radical (unpaired) electrons. The Morgan fingerprint density at radius 3 is 2.50 bits per heavy atom. The lowest BCUT2D eigenvalue weighted by atomic mass is 10.2. The Morgan fingerprint density at radius 2 is 1.79 bits per heavy atom. The van der Waals surface area contributed by atoms with Crippen molar-refractivity contribution in [1.82, 2.24) is 15.0 Å². The highest BCUT2D eigenvalue weighted by Crippen LogP contribution is 2.16. The highest BCUT2D eigenvalue weighted by Gasteiger charge is 2.18. The third kappa shape index (κ3) is 4.22. The molecule has 2 aromatic carbocycles. The molecule has 0 spiro atoms. The third-order valence-corrected chi connectivity index (χ3v) is 4.34. The number of carbonyl (C=O) groups excluding carboxylic acids is 2. The smallest absolute Gasteiger partial charge is 0.278 e. The van der Waals surface area contributed by atoms with Gasteiger partial charge in [-0.3, -0.25) is 9.59 Å². The minimum Gasteiger partial charge on any atom is -0.324 e. The minimum absolute atomic E-state index is 0.0738. The van der Waals surface area contributed by atoms with E-state index in [0.29, 0.717) is 22.6 Å². The van der Waals surface area contributed by atoms with Crippen LogP contribution in [0.2, 0.25) is 0 Å². The number of benzene rings is 2. The summed E-state index contributed by atoms with van der Waals surface area (Å²) in [6, 6.07) is 11.8. The molecular formula is C20H20FN5O2. The minimum atomic E-state index is -0.522. The lowest BCUT2D eigenvalue weighted by Crippen LogP contribution is -2.21. The van der Waals surface area contributed by atoms with Crippen LogP contribution in [0.1, 0.15) is 27.3 Å². The maximum atomic E-state index is 13.6. The molecule has 0 saturated heterocycles. The SMILES string of the molecule is Cc1ccc(NC(=O)c2nnn(CC(=O)Nc3ccccc3C)c2C)cc1F. The molecule has 3 aromatic rings. The van der Waals surface area contributed by atoms with E-state index in [0.717, 1.165) is 5.56 Å². The summed E-state index contributed by atoms with van der Waals surface area (Å²) in [6.07, 6.45) is 0. The first kappa shape index (κ1) is 19.2. The molecule has 0 unspecified atom stereocenters. The molecule has 0 aliphatic heterocycles. The van der Waals surface area contributed by atoms with Crippen LogP contribution in [0.15, 0.2) is 42.5 Å². The highest BCUT2D eigenvalue weighted by atomic mass is 19.1. The van der Waals surface area contributed by atoms with Crippen molar-refractivity contribution in [3.8, 4) is 0 Å². The fourth-order valence-corrected chi connectivity index (χ4v) is 2.62. The van der Waals surface area contributed by atoms with Gasteiger partial charge in [0, 0.05) is 11.4 Å². The fourth-order valence-electron chi connectivity index (χ4n) is 2.62. The Hall–Kier alpha value is -3.55. The second-order valence-electron chi connectivity index (χ2n) is 6.46. The van der Waals surface area contributed by atoms with Gasteiger partial charge in [-0.1, -0.05) is 29.5 Å². The van der Waals surface area contributed by atoms with Crippen molar-refractivity contribution in [3.63, 3.8) is 0 Å². The van der Waals surface area contributed by atoms with E-state index in [9.17, 15) is 14.0 Å². The number of nitrogens with one attached hydrogen (secondary N) is 2. The number of aromatic nitrogens is 3. The summed E-state index contributed by atoms with van der Waals surface area (Å²) in [4.78, 5) is 24.7. The maximum Gasteiger partial charge on any atom is 0.278 e. The van der Waals surface area contributed by atoms with Crippen LogP contribution in [-0.4, -0.2) is 26.8 Å². The van der Waals surface area contributed by atoms with Crippen molar-refractivity contribution in [1.29, 1.82) is 0 Å². The first-order valence-electron chi connectivity index (χ1n) is 8.68. The van der Waals surface area contributed by atoms with E-state index in [-0.39, 0.29) is 18.1 Å². The van der Waals surface area contributed by atoms with Gasteiger partial charge in [0.15, 0.2) is 5.69 Å². The summed E-state index contributed by atoms with van der Waals surface area (Å²) < 4.78 is 15.0. The maximum absolute atomic E-state index is 13.6. The average Bonchev–Trinajstić information content (AvgIpc) is 3.01. The van der Waals surface area contributed by atoms with Crippen LogP contribution in [0, 0.1) is 26.6 Å². The van der Waals surface area contributed by atoms with E-state index in [1.54, 1.807) is 32.0 Å². The van der Waals surface area contributed by atoms with Gasteiger partial charge in [0.25, 0.3) is 5.91 Å². The Labute approximate surface area is 161 Å². The predicted octanol–water partition coefficient (Wildman–Crippen LogP) is 3.23. The van der Waals surface area contributed by atoms with Crippen molar-refractivity contribution in [2.45, 2.75) is 27.3 Å². The monoisotopic (exact) mass is 381 g/mol. The largest absolute Gasteiger partial charge is 0.324 e. The topological polar surface area (TPSA) is 88.9 Å². The summed E-state index contributed by atoms with van der Waals surface area (Å²) in [5.74, 6) is -1.22. The van der Waals surface area contributed by atoms with Crippen LogP contribution >= 0.6 is 0 Å². The van der Waals surface area contributed by atoms with E-state index in [1.807, 2.05) is 25.1 Å². The second-order valence-corrected chi connectivity index (χ2v) is 6.46. The standard InChI is InChI=1S/C20H20FN5O2/c1-12-8-9-15(10-16(12)21)22-20(28)19-14(3)26(25-24-19)11-18(27)23-17-7-5-4-6-13(17)2/h4-10H,11H2,1-3H3,(H,22,28)(H,23,27). The van der Waals surface area contributed by atoms with Crippen molar-refractivity contribution in [2.75, 3.05) is 10.6 Å². The number of hydrogen-bond donors (Lipinski definition) is 2. The molecule has 3 rings (SSSR count). The molecule has 1 aromatic heterocycles. The lowest BCUT2D eigenvalue weighted by molar-refractivity contribution is -0.117. The predicted molar refractivity (Wildman–Crippen MR) is 104 cm³/mol. The van der Waals surface area contributed by atoms with Crippen molar-refractivity contribution >= 4 is 23.2 Å². The van der Waals surface area contributed by atoms with Crippen molar-refractivity contribution < 1.29 is 14.0 Å². The summed E-state index contributed by atoms with van der Waals surface area (Å²) >= 11 is 0. The molecule has 2 amide bonds. The molecule has 0 fully saturated rings. The van der Waals surface area contributed by atoms with Gasteiger partial charge < -0.3 is 10.6 Å². The second kappa shape index (κ2) is 7.99. The number of carbonyl (C=O) groups is 2. The van der Waals surface area contributed by atoms with E-state index in [2.05, 4.69) is 20.9 Å². The first-order valence-corrected chi connectivity index (χ1v) is 8.68. The molecule has 0 atom stereocenters. The molecule has 0 saturated carbocycles. The molecule has 8 heteroatoms. The van der Waals surface area contributed by atoms with E-state index in [4.69, 9.17) is 0 Å². The molecule has 144 valence electrons. The highest BCUT2D eigenvalue weighted by molar-refractivity contribution is 6.03. The van der Waals surface area contributed by atoms with E-state index in [1.165, 1.54) is 10.7 Å². The van der Waals surface area contributed by atoms with E-state index < -0.39 is 11.7 Å². The van der Waals surface area contributed by atoms with Gasteiger partial charge in [-0.15, -0.1) is 5.10 Å². The number of nitrogens with zero attached hydrogens (tertiary/aromatic N) is 3. The summed E-state index contributed by atoms with van der Waals surface area (Å²) in [5, 5.41) is 13.1. The normalized spacial score (nSPS) is 10.6. The quantitative estimate of drug-likeness (QED) is 0.710. The Bertz CT molecular complexity index is 1040. The lowest BCUT2D eigenvalue weighted by Gasteiger charge is -2.09. The third-order valence-electron chi connectivity index (χ3n) is 4.34. The molecule has 2 N–H and O–H groups in total. The zero-order valence-electron chi connectivity index (χ0n) is 15.8. The summed E-state index contributed by atoms with van der Waals surface area (Å²) in [6.45, 7) is 5.09. The van der Waals surface area contributed by atoms with Gasteiger partial charge in [-0.25, -0.2) is 9.07 Å². The van der Waals surface area contributed by atoms with Crippen LogP contribution in [0.25, 0.3) is 0 Å².